The second-order valence-electron chi connectivity index (χ2n) is 6.41. The van der Waals surface area contributed by atoms with E-state index >= 15 is 0 Å². The Bertz CT molecular complexity index is 767. The van der Waals surface area contributed by atoms with Crippen LogP contribution >= 0.6 is 0 Å². The topological polar surface area (TPSA) is 34.0 Å². The van der Waals surface area contributed by atoms with Crippen molar-refractivity contribution in [1.29, 1.82) is 0 Å². The lowest BCUT2D eigenvalue weighted by molar-refractivity contribution is 0.236. The van der Waals surface area contributed by atoms with Crippen LogP contribution < -0.4 is 0 Å². The van der Waals surface area contributed by atoms with Gasteiger partial charge in [0.25, 0.3) is 0 Å². The Kier molecular flexibility index (Phi) is 4.38. The number of nitrogens with zero attached hydrogens (tertiary/aromatic N) is 4. The van der Waals surface area contributed by atoms with Crippen molar-refractivity contribution >= 4 is 0 Å². The summed E-state index contributed by atoms with van der Waals surface area (Å²) >= 11 is 0. The van der Waals surface area contributed by atoms with E-state index in [2.05, 4.69) is 62.1 Å². The van der Waals surface area contributed by atoms with Gasteiger partial charge in [-0.25, -0.2) is 0 Å². The Hall–Kier alpha value is -2.46. The zero-order valence-electron chi connectivity index (χ0n) is 13.8. The molecule has 1 saturated heterocycles. The van der Waals surface area contributed by atoms with Crippen molar-refractivity contribution < 1.29 is 0 Å². The van der Waals surface area contributed by atoms with E-state index in [1.165, 1.54) is 18.4 Å². The number of benzene rings is 2. The fourth-order valence-electron chi connectivity index (χ4n) is 3.57. The normalized spacial score (nSPS) is 18.1. The summed E-state index contributed by atoms with van der Waals surface area (Å²) < 4.78 is 2.10. The van der Waals surface area contributed by atoms with Crippen molar-refractivity contribution in [2.24, 2.45) is 0 Å². The average Bonchev–Trinajstić information content (AvgIpc) is 3.27. The van der Waals surface area contributed by atoms with Crippen molar-refractivity contribution in [2.45, 2.75) is 31.8 Å². The highest BCUT2D eigenvalue weighted by molar-refractivity contribution is 5.32. The summed E-state index contributed by atoms with van der Waals surface area (Å²) in [6.45, 7) is 1.99. The summed E-state index contributed by atoms with van der Waals surface area (Å²) in [6.07, 6.45) is 5.44. The highest BCUT2D eigenvalue weighted by Crippen LogP contribution is 2.23. The number of rotatable bonds is 5. The van der Waals surface area contributed by atoms with Crippen LogP contribution in [0.2, 0.25) is 0 Å². The maximum Gasteiger partial charge on any atom is 0.151 e. The highest BCUT2D eigenvalue weighted by Gasteiger charge is 2.26. The maximum atomic E-state index is 4.37. The molecule has 24 heavy (non-hydrogen) atoms. The second-order valence-corrected chi connectivity index (χ2v) is 6.41. The number of hydrogen-bond acceptors (Lipinski definition) is 3. The van der Waals surface area contributed by atoms with Gasteiger partial charge in [0.05, 0.1) is 6.54 Å². The molecule has 2 aromatic carbocycles. The van der Waals surface area contributed by atoms with Crippen LogP contribution in [0.1, 0.15) is 24.2 Å². The molecule has 1 aromatic heterocycles. The van der Waals surface area contributed by atoms with Gasteiger partial charge in [0.1, 0.15) is 6.33 Å². The molecule has 0 amide bonds. The summed E-state index contributed by atoms with van der Waals surface area (Å²) in [7, 11) is 0. The molecule has 2 heterocycles. The Balaban J connectivity index is 1.50. The molecule has 1 aliphatic rings. The van der Waals surface area contributed by atoms with E-state index in [-0.39, 0.29) is 0 Å². The lowest BCUT2D eigenvalue weighted by Crippen LogP contribution is -2.31. The summed E-state index contributed by atoms with van der Waals surface area (Å²) in [6, 6.07) is 21.7. The number of likely N-dealkylation sites (tertiary alicyclic amines) is 1. The van der Waals surface area contributed by atoms with Crippen molar-refractivity contribution in [3.05, 3.63) is 78.4 Å². The van der Waals surface area contributed by atoms with Gasteiger partial charge in [-0.3, -0.25) is 9.47 Å². The van der Waals surface area contributed by atoms with Gasteiger partial charge in [0.2, 0.25) is 0 Å². The average molecular weight is 318 g/mol. The smallest absolute Gasteiger partial charge is 0.151 e. The van der Waals surface area contributed by atoms with Crippen LogP contribution in [0.4, 0.5) is 0 Å². The van der Waals surface area contributed by atoms with Gasteiger partial charge in [-0.2, -0.15) is 0 Å². The predicted molar refractivity (Wildman–Crippen MR) is 94.9 cm³/mol. The van der Waals surface area contributed by atoms with Gasteiger partial charge in [0.15, 0.2) is 5.82 Å². The van der Waals surface area contributed by atoms with Crippen molar-refractivity contribution in [2.75, 3.05) is 6.54 Å². The van der Waals surface area contributed by atoms with Crippen molar-refractivity contribution in [3.63, 3.8) is 0 Å². The molecular formula is C20H22N4. The zero-order chi connectivity index (χ0) is 16.2. The van der Waals surface area contributed by atoms with Crippen molar-refractivity contribution in [3.8, 4) is 5.69 Å². The van der Waals surface area contributed by atoms with Crippen LogP contribution in [-0.2, 0) is 13.0 Å². The third-order valence-electron chi connectivity index (χ3n) is 4.81. The Morgan fingerprint density at radius 1 is 0.958 bits per heavy atom. The molecule has 3 aromatic rings. The number of hydrogen-bond donors (Lipinski definition) is 0. The first-order chi connectivity index (χ1) is 11.9. The lowest BCUT2D eigenvalue weighted by Gasteiger charge is -2.24. The van der Waals surface area contributed by atoms with Gasteiger partial charge in [-0.1, -0.05) is 48.5 Å². The molecule has 1 fully saturated rings. The SMILES string of the molecule is c1ccc(CC2CCCN2Cc2nncn2-c2ccccc2)cc1. The standard InChI is InChI=1S/C20H22N4/c1-3-8-17(9-4-1)14-19-12-7-13-23(19)15-20-22-21-16-24(20)18-10-5-2-6-11-18/h1-6,8-11,16,19H,7,12-15H2. The molecule has 0 aliphatic carbocycles. The molecule has 0 N–H and O–H groups in total. The summed E-state index contributed by atoms with van der Waals surface area (Å²) in [5.41, 5.74) is 2.54. The zero-order valence-corrected chi connectivity index (χ0v) is 13.8. The molecule has 1 atom stereocenters. The van der Waals surface area contributed by atoms with Gasteiger partial charge < -0.3 is 0 Å². The van der Waals surface area contributed by atoms with E-state index in [1.807, 2.05) is 24.5 Å². The fraction of sp³-hybridized carbons (Fsp3) is 0.300. The summed E-state index contributed by atoms with van der Waals surface area (Å²) in [4.78, 5) is 2.55. The van der Waals surface area contributed by atoms with E-state index in [9.17, 15) is 0 Å². The van der Waals surface area contributed by atoms with Crippen LogP contribution in [-0.4, -0.2) is 32.3 Å². The van der Waals surface area contributed by atoms with Crippen LogP contribution in [0.15, 0.2) is 67.0 Å². The molecule has 0 spiro atoms. The summed E-state index contributed by atoms with van der Waals surface area (Å²) in [5, 5.41) is 8.50. The minimum atomic E-state index is 0.591. The largest absolute Gasteiger partial charge is 0.293 e. The van der Waals surface area contributed by atoms with Crippen LogP contribution in [0.3, 0.4) is 0 Å². The van der Waals surface area contributed by atoms with Gasteiger partial charge in [-0.05, 0) is 43.5 Å². The van der Waals surface area contributed by atoms with E-state index in [1.54, 1.807) is 0 Å². The quantitative estimate of drug-likeness (QED) is 0.722. The Morgan fingerprint density at radius 3 is 2.50 bits per heavy atom. The molecule has 4 rings (SSSR count). The summed E-state index contributed by atoms with van der Waals surface area (Å²) in [5.74, 6) is 1.01. The Labute approximate surface area is 142 Å². The highest BCUT2D eigenvalue weighted by atomic mass is 15.3. The molecular weight excluding hydrogens is 296 g/mol. The minimum Gasteiger partial charge on any atom is -0.293 e. The van der Waals surface area contributed by atoms with E-state index in [0.29, 0.717) is 6.04 Å². The van der Waals surface area contributed by atoms with Crippen LogP contribution in [0, 0.1) is 0 Å². The molecule has 4 heteroatoms. The lowest BCUT2D eigenvalue weighted by atomic mass is 10.0. The first kappa shape index (κ1) is 15.1. The third kappa shape index (κ3) is 3.24. The molecule has 1 aliphatic heterocycles. The predicted octanol–water partition coefficient (Wildman–Crippen LogP) is 3.47. The van der Waals surface area contributed by atoms with Crippen LogP contribution in [0.5, 0.6) is 0 Å². The number of para-hydroxylation sites is 1. The van der Waals surface area contributed by atoms with Gasteiger partial charge >= 0.3 is 0 Å². The second kappa shape index (κ2) is 6.97. The van der Waals surface area contributed by atoms with Gasteiger partial charge in [-0.15, -0.1) is 10.2 Å². The molecule has 4 nitrogen and oxygen atoms in total. The van der Waals surface area contributed by atoms with E-state index < -0.39 is 0 Å². The third-order valence-corrected chi connectivity index (χ3v) is 4.81. The molecule has 0 bridgehead atoms. The fourth-order valence-corrected chi connectivity index (χ4v) is 3.57. The Morgan fingerprint density at radius 2 is 1.71 bits per heavy atom. The van der Waals surface area contributed by atoms with Crippen LogP contribution in [0.25, 0.3) is 5.69 Å². The minimum absolute atomic E-state index is 0.591. The van der Waals surface area contributed by atoms with E-state index in [0.717, 1.165) is 31.0 Å². The molecule has 0 radical (unpaired) electrons. The number of aromatic nitrogens is 3. The first-order valence-corrected chi connectivity index (χ1v) is 8.62. The molecule has 0 saturated carbocycles. The first-order valence-electron chi connectivity index (χ1n) is 8.62. The van der Waals surface area contributed by atoms with Gasteiger partial charge in [0, 0.05) is 11.7 Å². The van der Waals surface area contributed by atoms with Crippen molar-refractivity contribution in [1.82, 2.24) is 19.7 Å². The molecule has 1 unspecified atom stereocenters. The maximum absolute atomic E-state index is 4.37. The molecule has 122 valence electrons. The van der Waals surface area contributed by atoms with E-state index in [4.69, 9.17) is 0 Å². The monoisotopic (exact) mass is 318 g/mol.